The minimum atomic E-state index is -0.340. The number of terminal acetylenes is 1. The fourth-order valence-electron chi connectivity index (χ4n) is 2.74. The lowest BCUT2D eigenvalue weighted by Crippen LogP contribution is -2.30. The number of carbonyl (C=O) groups excluding carboxylic acids is 1. The highest BCUT2D eigenvalue weighted by Crippen LogP contribution is 2.37. The lowest BCUT2D eigenvalue weighted by atomic mass is 10.0. The summed E-state index contributed by atoms with van der Waals surface area (Å²) in [5, 5.41) is 11.1. The van der Waals surface area contributed by atoms with E-state index < -0.39 is 0 Å². The highest BCUT2D eigenvalue weighted by atomic mass is 16.5. The van der Waals surface area contributed by atoms with E-state index in [0.717, 1.165) is 24.2 Å². The molecule has 1 fully saturated rings. The molecule has 0 spiro atoms. The van der Waals surface area contributed by atoms with E-state index in [1.54, 1.807) is 7.11 Å². The van der Waals surface area contributed by atoms with Crippen molar-refractivity contribution < 1.29 is 14.3 Å². The van der Waals surface area contributed by atoms with Crippen LogP contribution in [0.2, 0.25) is 0 Å². The van der Waals surface area contributed by atoms with Gasteiger partial charge in [0.25, 0.3) is 0 Å². The summed E-state index contributed by atoms with van der Waals surface area (Å²) in [5.74, 6) is 3.42. The first-order chi connectivity index (χ1) is 12.2. The van der Waals surface area contributed by atoms with Gasteiger partial charge >= 0.3 is 0 Å². The van der Waals surface area contributed by atoms with Gasteiger partial charge in [-0.25, -0.2) is 0 Å². The van der Waals surface area contributed by atoms with Crippen molar-refractivity contribution in [3.8, 4) is 18.1 Å². The van der Waals surface area contributed by atoms with Crippen LogP contribution < -0.4 is 10.1 Å². The van der Waals surface area contributed by atoms with Crippen molar-refractivity contribution in [1.82, 2.24) is 5.32 Å². The first-order valence-electron chi connectivity index (χ1n) is 8.55. The molecule has 1 aromatic carbocycles. The topological polar surface area (TPSA) is 72.3 Å². The predicted molar refractivity (Wildman–Crippen MR) is 93.0 cm³/mol. The molecule has 132 valence electrons. The van der Waals surface area contributed by atoms with Crippen LogP contribution in [0.4, 0.5) is 0 Å². The smallest absolute Gasteiger partial charge is 0.225 e. The number of ether oxygens (including phenoxy) is 2. The molecule has 2 unspecified atom stereocenters. The molecule has 1 aliphatic heterocycles. The van der Waals surface area contributed by atoms with Gasteiger partial charge in [0.15, 0.2) is 5.66 Å². The van der Waals surface area contributed by atoms with Gasteiger partial charge in [0.2, 0.25) is 5.91 Å². The highest BCUT2D eigenvalue weighted by Gasteiger charge is 2.44. The molecule has 0 aromatic heterocycles. The molecule has 2 aliphatic rings. The minimum Gasteiger partial charge on any atom is -0.497 e. The van der Waals surface area contributed by atoms with Gasteiger partial charge in [0, 0.05) is 25.8 Å². The lowest BCUT2D eigenvalue weighted by Gasteiger charge is -2.10. The molecule has 1 N–H and O–H groups in total. The fraction of sp³-hybridized carbons (Fsp3) is 0.526. The van der Waals surface area contributed by atoms with Crippen LogP contribution in [-0.4, -0.2) is 31.3 Å². The van der Waals surface area contributed by atoms with E-state index in [-0.39, 0.29) is 23.6 Å². The number of hydrogen-bond donors (Lipinski definition) is 1. The predicted octanol–water partition coefficient (Wildman–Crippen LogP) is 2.68. The van der Waals surface area contributed by atoms with E-state index in [9.17, 15) is 4.79 Å². The summed E-state index contributed by atoms with van der Waals surface area (Å²) in [5.41, 5.74) is 0.729. The molecule has 1 aliphatic carbocycles. The molecule has 6 nitrogen and oxygen atoms in total. The molecule has 2 atom stereocenters. The van der Waals surface area contributed by atoms with Crippen LogP contribution in [0.3, 0.4) is 0 Å². The Kier molecular flexibility index (Phi) is 5.34. The first-order valence-corrected chi connectivity index (χ1v) is 8.55. The van der Waals surface area contributed by atoms with Crippen LogP contribution >= 0.6 is 0 Å². The normalized spacial score (nSPS) is 22.1. The Labute approximate surface area is 148 Å². The SMILES string of the molecule is C#CCCC1(CCNC(=O)C2CC2OCc2ccc(OC)cc2)N=N1. The maximum Gasteiger partial charge on any atom is 0.225 e. The Morgan fingerprint density at radius 2 is 2.12 bits per heavy atom. The van der Waals surface area contributed by atoms with Crippen molar-refractivity contribution in [2.24, 2.45) is 16.1 Å². The van der Waals surface area contributed by atoms with Gasteiger partial charge in [-0.2, -0.15) is 10.2 Å². The molecule has 1 heterocycles. The summed E-state index contributed by atoms with van der Waals surface area (Å²) in [6, 6.07) is 7.74. The maximum atomic E-state index is 12.1. The van der Waals surface area contributed by atoms with Gasteiger partial charge in [-0.15, -0.1) is 12.3 Å². The molecule has 6 heteroatoms. The fourth-order valence-corrected chi connectivity index (χ4v) is 2.74. The Morgan fingerprint density at radius 1 is 1.36 bits per heavy atom. The number of methoxy groups -OCH3 is 1. The third kappa shape index (κ3) is 4.80. The molecule has 25 heavy (non-hydrogen) atoms. The van der Waals surface area contributed by atoms with E-state index >= 15 is 0 Å². The molecule has 0 saturated heterocycles. The summed E-state index contributed by atoms with van der Waals surface area (Å²) in [7, 11) is 1.64. The van der Waals surface area contributed by atoms with E-state index in [0.29, 0.717) is 26.0 Å². The summed E-state index contributed by atoms with van der Waals surface area (Å²) in [6.07, 6.45) is 8.18. The number of benzene rings is 1. The Hall–Kier alpha value is -2.39. The van der Waals surface area contributed by atoms with Gasteiger partial charge in [0.05, 0.1) is 25.7 Å². The molecule has 0 bridgehead atoms. The first kappa shape index (κ1) is 17.4. The Bertz CT molecular complexity index is 672. The molecule has 3 rings (SSSR count). The molecule has 1 amide bonds. The molecule has 1 saturated carbocycles. The quantitative estimate of drug-likeness (QED) is 0.665. The van der Waals surface area contributed by atoms with E-state index in [1.807, 2.05) is 24.3 Å². The van der Waals surface area contributed by atoms with Crippen LogP contribution in [0, 0.1) is 18.3 Å². The average molecular weight is 341 g/mol. The highest BCUT2D eigenvalue weighted by molar-refractivity contribution is 5.82. The minimum absolute atomic E-state index is 0.00722. The summed E-state index contributed by atoms with van der Waals surface area (Å²) in [4.78, 5) is 12.1. The van der Waals surface area contributed by atoms with Crippen LogP contribution in [0.15, 0.2) is 34.5 Å². The number of rotatable bonds is 10. The Balaban J connectivity index is 1.31. The zero-order valence-corrected chi connectivity index (χ0v) is 14.4. The summed E-state index contributed by atoms with van der Waals surface area (Å²) >= 11 is 0. The van der Waals surface area contributed by atoms with E-state index in [2.05, 4.69) is 21.5 Å². The van der Waals surface area contributed by atoms with Gasteiger partial charge < -0.3 is 14.8 Å². The maximum absolute atomic E-state index is 12.1. The second-order valence-corrected chi connectivity index (χ2v) is 6.47. The van der Waals surface area contributed by atoms with Crippen molar-refractivity contribution in [3.63, 3.8) is 0 Å². The van der Waals surface area contributed by atoms with Crippen LogP contribution in [0.1, 0.15) is 31.2 Å². The summed E-state index contributed by atoms with van der Waals surface area (Å²) in [6.45, 7) is 1.07. The van der Waals surface area contributed by atoms with E-state index in [4.69, 9.17) is 15.9 Å². The van der Waals surface area contributed by atoms with Gasteiger partial charge in [-0.3, -0.25) is 4.79 Å². The summed E-state index contributed by atoms with van der Waals surface area (Å²) < 4.78 is 10.9. The second-order valence-electron chi connectivity index (χ2n) is 6.47. The second kappa shape index (κ2) is 7.66. The third-order valence-electron chi connectivity index (χ3n) is 4.57. The number of nitrogens with zero attached hydrogens (tertiary/aromatic N) is 2. The average Bonchev–Trinajstić information content (AvgIpc) is 3.55. The van der Waals surface area contributed by atoms with Crippen molar-refractivity contribution in [3.05, 3.63) is 29.8 Å². The van der Waals surface area contributed by atoms with E-state index in [1.165, 1.54) is 0 Å². The molecule has 1 aromatic rings. The number of carbonyl (C=O) groups is 1. The number of hydrogen-bond acceptors (Lipinski definition) is 5. The monoisotopic (exact) mass is 341 g/mol. The molecular weight excluding hydrogens is 318 g/mol. The lowest BCUT2D eigenvalue weighted by molar-refractivity contribution is -0.123. The van der Waals surface area contributed by atoms with Gasteiger partial charge in [-0.05, 0) is 24.1 Å². The van der Waals surface area contributed by atoms with Gasteiger partial charge in [-0.1, -0.05) is 12.1 Å². The Morgan fingerprint density at radius 3 is 2.76 bits per heavy atom. The standard InChI is InChI=1S/C19H23N3O3/c1-3-4-9-19(21-22-19)10-11-20-18(23)16-12-17(16)25-13-14-5-7-15(24-2)8-6-14/h1,5-8,16-17H,4,9-13H2,2H3,(H,20,23). The van der Waals surface area contributed by atoms with Crippen molar-refractivity contribution in [1.29, 1.82) is 0 Å². The van der Waals surface area contributed by atoms with Crippen molar-refractivity contribution >= 4 is 5.91 Å². The van der Waals surface area contributed by atoms with Crippen LogP contribution in [0.25, 0.3) is 0 Å². The van der Waals surface area contributed by atoms with Crippen LogP contribution in [0.5, 0.6) is 5.75 Å². The molecular formula is C19H23N3O3. The number of nitrogens with one attached hydrogen (secondary N) is 1. The van der Waals surface area contributed by atoms with Crippen LogP contribution in [-0.2, 0) is 16.1 Å². The third-order valence-corrected chi connectivity index (χ3v) is 4.57. The zero-order valence-electron chi connectivity index (χ0n) is 14.4. The largest absolute Gasteiger partial charge is 0.497 e. The zero-order chi connectivity index (χ0) is 17.7. The van der Waals surface area contributed by atoms with Crippen molar-refractivity contribution in [2.45, 2.75) is 44.1 Å². The van der Waals surface area contributed by atoms with Crippen molar-refractivity contribution in [2.75, 3.05) is 13.7 Å². The molecule has 0 radical (unpaired) electrons. The number of amides is 1. The van der Waals surface area contributed by atoms with Gasteiger partial charge in [0.1, 0.15) is 5.75 Å².